The number of phenolic OH excluding ortho intramolecular Hbond substituents is 1. The number of ether oxygens (including phenoxy) is 4. The highest BCUT2D eigenvalue weighted by Gasteiger charge is 2.41. The van der Waals surface area contributed by atoms with Crippen LogP contribution in [0.4, 0.5) is 0 Å². The first-order valence-electron chi connectivity index (χ1n) is 12.8. The van der Waals surface area contributed by atoms with Gasteiger partial charge >= 0.3 is 5.97 Å². The van der Waals surface area contributed by atoms with Gasteiger partial charge in [-0.3, -0.25) is 4.79 Å². The zero-order chi connectivity index (χ0) is 27.4. The van der Waals surface area contributed by atoms with Crippen molar-refractivity contribution in [3.05, 3.63) is 70.1 Å². The fraction of sp³-hybridized carbons (Fsp3) is 0.400. The number of rotatable bonds is 9. The van der Waals surface area contributed by atoms with Gasteiger partial charge in [-0.25, -0.2) is 4.79 Å². The summed E-state index contributed by atoms with van der Waals surface area (Å²) in [6.07, 6.45) is 2.51. The summed E-state index contributed by atoms with van der Waals surface area (Å²) >= 11 is 0. The number of nitrogens with one attached hydrogen (secondary N) is 1. The van der Waals surface area contributed by atoms with Crippen molar-refractivity contribution in [3.63, 3.8) is 0 Å². The van der Waals surface area contributed by atoms with E-state index in [0.717, 1.165) is 24.1 Å². The van der Waals surface area contributed by atoms with Crippen molar-refractivity contribution < 1.29 is 33.6 Å². The van der Waals surface area contributed by atoms with Gasteiger partial charge in [0.25, 0.3) is 0 Å². The van der Waals surface area contributed by atoms with Crippen LogP contribution >= 0.6 is 0 Å². The lowest BCUT2D eigenvalue weighted by Crippen LogP contribution is -2.36. The highest BCUT2D eigenvalue weighted by atomic mass is 16.5. The van der Waals surface area contributed by atoms with Crippen molar-refractivity contribution in [1.82, 2.24) is 5.32 Å². The van der Waals surface area contributed by atoms with E-state index in [1.807, 2.05) is 32.0 Å². The topological polar surface area (TPSA) is 103 Å². The lowest BCUT2D eigenvalue weighted by atomic mass is 9.71. The molecule has 0 saturated carbocycles. The van der Waals surface area contributed by atoms with E-state index < -0.39 is 11.9 Å². The molecule has 2 aliphatic rings. The van der Waals surface area contributed by atoms with Gasteiger partial charge in [0, 0.05) is 29.3 Å². The largest absolute Gasteiger partial charge is 0.504 e. The molecule has 202 valence electrons. The highest BCUT2D eigenvalue weighted by Crippen LogP contribution is 2.47. The summed E-state index contributed by atoms with van der Waals surface area (Å²) in [5, 5.41) is 13.6. The molecule has 1 aliphatic heterocycles. The Morgan fingerprint density at radius 2 is 1.66 bits per heavy atom. The third kappa shape index (κ3) is 5.21. The fourth-order valence-corrected chi connectivity index (χ4v) is 5.25. The Labute approximate surface area is 223 Å². The summed E-state index contributed by atoms with van der Waals surface area (Å²) in [7, 11) is 4.64. The van der Waals surface area contributed by atoms with Gasteiger partial charge in [-0.05, 0) is 61.1 Å². The Kier molecular flexibility index (Phi) is 8.29. The normalized spacial score (nSPS) is 19.0. The smallest absolute Gasteiger partial charge is 0.336 e. The first kappa shape index (κ1) is 27.1. The Morgan fingerprint density at radius 3 is 2.34 bits per heavy atom. The number of unbranched alkanes of at least 4 members (excludes halogenated alkanes) is 1. The summed E-state index contributed by atoms with van der Waals surface area (Å²) in [5.41, 5.74) is 4.00. The van der Waals surface area contributed by atoms with Gasteiger partial charge in [0.1, 0.15) is 0 Å². The maximum absolute atomic E-state index is 13.8. The summed E-state index contributed by atoms with van der Waals surface area (Å²) < 4.78 is 21.8. The molecule has 0 radical (unpaired) electrons. The minimum absolute atomic E-state index is 0.0179. The van der Waals surface area contributed by atoms with Crippen LogP contribution in [0.5, 0.6) is 23.0 Å². The van der Waals surface area contributed by atoms with Crippen molar-refractivity contribution >= 4 is 11.8 Å². The number of allylic oxidation sites excluding steroid dienone is 3. The molecule has 0 amide bonds. The van der Waals surface area contributed by atoms with Crippen LogP contribution in [0.1, 0.15) is 62.5 Å². The Morgan fingerprint density at radius 1 is 0.974 bits per heavy atom. The van der Waals surface area contributed by atoms with Crippen LogP contribution in [0.2, 0.25) is 0 Å². The third-order valence-corrected chi connectivity index (χ3v) is 7.19. The number of benzene rings is 2. The van der Waals surface area contributed by atoms with Crippen LogP contribution < -0.4 is 19.5 Å². The minimum atomic E-state index is -0.645. The lowest BCUT2D eigenvalue weighted by molar-refractivity contribution is -0.139. The Bertz CT molecular complexity index is 1290. The van der Waals surface area contributed by atoms with Crippen LogP contribution in [0.25, 0.3) is 0 Å². The number of methoxy groups -OCH3 is 3. The number of esters is 1. The number of ketones is 1. The molecule has 0 saturated heterocycles. The molecule has 0 unspecified atom stereocenters. The average molecular weight is 522 g/mol. The van der Waals surface area contributed by atoms with E-state index in [4.69, 9.17) is 18.9 Å². The van der Waals surface area contributed by atoms with Gasteiger partial charge in [0.2, 0.25) is 0 Å². The molecule has 0 bridgehead atoms. The Balaban J connectivity index is 1.77. The molecule has 8 nitrogen and oxygen atoms in total. The van der Waals surface area contributed by atoms with Crippen LogP contribution in [0.15, 0.2) is 58.9 Å². The summed E-state index contributed by atoms with van der Waals surface area (Å²) in [6.45, 7) is 4.16. The predicted molar refractivity (Wildman–Crippen MR) is 143 cm³/mol. The number of dihydropyridines is 1. The maximum Gasteiger partial charge on any atom is 0.336 e. The third-order valence-electron chi connectivity index (χ3n) is 7.19. The van der Waals surface area contributed by atoms with E-state index in [-0.39, 0.29) is 29.6 Å². The van der Waals surface area contributed by atoms with E-state index in [0.29, 0.717) is 46.9 Å². The maximum atomic E-state index is 13.8. The van der Waals surface area contributed by atoms with Gasteiger partial charge in [-0.15, -0.1) is 0 Å². The van der Waals surface area contributed by atoms with Gasteiger partial charge in [0.15, 0.2) is 28.8 Å². The first-order chi connectivity index (χ1) is 18.3. The second kappa shape index (κ2) is 11.6. The van der Waals surface area contributed by atoms with E-state index in [9.17, 15) is 14.7 Å². The second-order valence-electron chi connectivity index (χ2n) is 9.55. The summed E-state index contributed by atoms with van der Waals surface area (Å²) in [6, 6.07) is 10.6. The number of phenols is 1. The molecule has 38 heavy (non-hydrogen) atoms. The van der Waals surface area contributed by atoms with E-state index in [2.05, 4.69) is 5.32 Å². The molecule has 0 aromatic heterocycles. The highest BCUT2D eigenvalue weighted by molar-refractivity contribution is 6.04. The molecule has 2 aromatic carbocycles. The molecule has 0 fully saturated rings. The van der Waals surface area contributed by atoms with E-state index in [1.54, 1.807) is 26.4 Å². The van der Waals surface area contributed by atoms with Gasteiger partial charge in [0.05, 0.1) is 33.5 Å². The van der Waals surface area contributed by atoms with Crippen molar-refractivity contribution in [1.29, 1.82) is 0 Å². The second-order valence-corrected chi connectivity index (χ2v) is 9.55. The monoisotopic (exact) mass is 521 g/mol. The van der Waals surface area contributed by atoms with Crippen molar-refractivity contribution in [2.45, 2.75) is 51.4 Å². The quantitative estimate of drug-likeness (QED) is 0.346. The van der Waals surface area contributed by atoms with Crippen LogP contribution in [-0.2, 0) is 14.3 Å². The van der Waals surface area contributed by atoms with E-state index in [1.165, 1.54) is 13.2 Å². The first-order valence-corrected chi connectivity index (χ1v) is 12.8. The minimum Gasteiger partial charge on any atom is -0.504 e. The number of carbonyl (C=O) groups is 2. The molecule has 2 aromatic rings. The number of carbonyl (C=O) groups excluding carboxylic acids is 2. The molecule has 1 heterocycles. The van der Waals surface area contributed by atoms with Crippen molar-refractivity contribution in [3.8, 4) is 23.0 Å². The zero-order valence-electron chi connectivity index (χ0n) is 22.6. The van der Waals surface area contributed by atoms with Crippen LogP contribution in [-0.4, -0.2) is 44.8 Å². The van der Waals surface area contributed by atoms with Crippen molar-refractivity contribution in [2.75, 3.05) is 27.9 Å². The summed E-state index contributed by atoms with van der Waals surface area (Å²) in [4.78, 5) is 27.1. The van der Waals surface area contributed by atoms with Gasteiger partial charge in [-0.2, -0.15) is 0 Å². The number of Topliss-reactive ketones (excluding diaryl/α,β-unsaturated/α-hetero) is 1. The molecule has 1 aliphatic carbocycles. The summed E-state index contributed by atoms with van der Waals surface area (Å²) in [5.74, 6) is 0.255. The number of aromatic hydroxyl groups is 1. The van der Waals surface area contributed by atoms with Crippen LogP contribution in [0, 0.1) is 0 Å². The Hall–Kier alpha value is -3.94. The lowest BCUT2D eigenvalue weighted by Gasteiger charge is -2.37. The van der Waals surface area contributed by atoms with Gasteiger partial charge in [-0.1, -0.05) is 25.5 Å². The molecule has 4 rings (SSSR count). The molecule has 2 N–H and O–H groups in total. The molecule has 2 atom stereocenters. The average Bonchev–Trinajstić information content (AvgIpc) is 2.92. The predicted octanol–water partition coefficient (Wildman–Crippen LogP) is 5.12. The molecular formula is C30H35NO7. The zero-order valence-corrected chi connectivity index (χ0v) is 22.6. The fourth-order valence-electron chi connectivity index (χ4n) is 5.25. The standard InChI is InChI=1S/C30H35NO7/c1-6-7-12-38-30(34)27-17(2)31-21-13-20(18-9-11-24(35-3)26(15-18)37-5)14-23(33)29(21)28(27)19-8-10-22(32)25(16-19)36-4/h8-11,15-16,20,28,31-32H,6-7,12-14H2,1-5H3/t20-,28+/m1/s1. The number of hydrogen-bond donors (Lipinski definition) is 2. The number of hydrogen-bond acceptors (Lipinski definition) is 8. The molecule has 0 spiro atoms. The van der Waals surface area contributed by atoms with Crippen LogP contribution in [0.3, 0.4) is 0 Å². The van der Waals surface area contributed by atoms with E-state index >= 15 is 0 Å². The molecule has 8 heteroatoms. The SMILES string of the molecule is CCCCOC(=O)C1=C(C)NC2=C(C(=O)C[C@H](c3ccc(OC)c(OC)c3)C2)[C@H]1c1ccc(O)c(OC)c1. The van der Waals surface area contributed by atoms with Gasteiger partial charge < -0.3 is 29.4 Å². The molecular weight excluding hydrogens is 486 g/mol. The van der Waals surface area contributed by atoms with Crippen molar-refractivity contribution in [2.24, 2.45) is 0 Å².